The number of hydrogen-bond donors (Lipinski definition) is 1. The van der Waals surface area contributed by atoms with Gasteiger partial charge in [-0.25, -0.2) is 0 Å². The molecule has 0 saturated carbocycles. The second-order valence-corrected chi connectivity index (χ2v) is 4.29. The lowest BCUT2D eigenvalue weighted by Gasteiger charge is -2.38. The summed E-state index contributed by atoms with van der Waals surface area (Å²) in [5.41, 5.74) is 0.532. The zero-order valence-corrected chi connectivity index (χ0v) is 10.1. The summed E-state index contributed by atoms with van der Waals surface area (Å²) in [6.07, 6.45) is 5.27. The van der Waals surface area contributed by atoms with Gasteiger partial charge in [-0.2, -0.15) is 0 Å². The van der Waals surface area contributed by atoms with E-state index in [9.17, 15) is 0 Å². The third-order valence-corrected chi connectivity index (χ3v) is 3.70. The van der Waals surface area contributed by atoms with Gasteiger partial charge in [0, 0.05) is 6.54 Å². The predicted molar refractivity (Wildman–Crippen MR) is 61.0 cm³/mol. The molecule has 0 saturated heterocycles. The fourth-order valence-corrected chi connectivity index (χ4v) is 2.46. The first kappa shape index (κ1) is 13.0. The van der Waals surface area contributed by atoms with E-state index in [0.29, 0.717) is 5.41 Å². The van der Waals surface area contributed by atoms with Crippen LogP contribution in [0.25, 0.3) is 0 Å². The van der Waals surface area contributed by atoms with E-state index in [0.717, 1.165) is 5.92 Å². The molecule has 0 heterocycles. The molecule has 0 aliphatic heterocycles. The highest BCUT2D eigenvalue weighted by Crippen LogP contribution is 2.37. The highest BCUT2D eigenvalue weighted by atomic mass is 14.8. The van der Waals surface area contributed by atoms with Crippen LogP contribution in [0.2, 0.25) is 0 Å². The monoisotopic (exact) mass is 185 g/mol. The maximum Gasteiger partial charge on any atom is 0.000715 e. The van der Waals surface area contributed by atoms with Crippen molar-refractivity contribution < 1.29 is 0 Å². The molecule has 0 bridgehead atoms. The molecule has 0 aromatic carbocycles. The molecule has 0 aliphatic rings. The molecule has 0 fully saturated rings. The van der Waals surface area contributed by atoms with Crippen LogP contribution in [0.5, 0.6) is 0 Å². The molecule has 0 amide bonds. The second kappa shape index (κ2) is 6.42. The maximum atomic E-state index is 3.35. The molecule has 13 heavy (non-hydrogen) atoms. The molecule has 0 radical (unpaired) electrons. The lowest BCUT2D eigenvalue weighted by atomic mass is 9.70. The van der Waals surface area contributed by atoms with Gasteiger partial charge in [-0.3, -0.25) is 0 Å². The van der Waals surface area contributed by atoms with Gasteiger partial charge in [0.15, 0.2) is 0 Å². The van der Waals surface area contributed by atoms with Crippen LogP contribution in [0.15, 0.2) is 0 Å². The lowest BCUT2D eigenvalue weighted by Crippen LogP contribution is -2.37. The van der Waals surface area contributed by atoms with Gasteiger partial charge in [-0.1, -0.05) is 40.5 Å². The standard InChI is InChI=1S/C12H27N/c1-6-9-11(4)12(7-2,8-3)10-13-5/h11,13H,6-10H2,1-5H3. The van der Waals surface area contributed by atoms with Crippen LogP contribution >= 0.6 is 0 Å². The summed E-state index contributed by atoms with van der Waals surface area (Å²) in [5.74, 6) is 0.847. The van der Waals surface area contributed by atoms with Crippen molar-refractivity contribution in [3.8, 4) is 0 Å². The zero-order chi connectivity index (χ0) is 10.3. The molecule has 80 valence electrons. The van der Waals surface area contributed by atoms with E-state index in [2.05, 4.69) is 40.1 Å². The first-order chi connectivity index (χ1) is 6.16. The summed E-state index contributed by atoms with van der Waals surface area (Å²) in [7, 11) is 2.07. The Hall–Kier alpha value is -0.0400. The van der Waals surface area contributed by atoms with Crippen LogP contribution in [0.4, 0.5) is 0 Å². The number of rotatable bonds is 7. The molecule has 0 rings (SSSR count). The SMILES string of the molecule is CCCC(C)C(CC)(CC)CNC. The minimum Gasteiger partial charge on any atom is -0.319 e. The fraction of sp³-hybridized carbons (Fsp3) is 1.00. The zero-order valence-electron chi connectivity index (χ0n) is 10.1. The van der Waals surface area contributed by atoms with E-state index in [-0.39, 0.29) is 0 Å². The Morgan fingerprint density at radius 1 is 1.15 bits per heavy atom. The maximum absolute atomic E-state index is 3.35. The summed E-state index contributed by atoms with van der Waals surface area (Å²) in [6, 6.07) is 0. The van der Waals surface area contributed by atoms with E-state index in [4.69, 9.17) is 0 Å². The lowest BCUT2D eigenvalue weighted by molar-refractivity contribution is 0.145. The summed E-state index contributed by atoms with van der Waals surface area (Å²) >= 11 is 0. The Labute approximate surface area is 84.3 Å². The molecule has 0 spiro atoms. The van der Waals surface area contributed by atoms with Gasteiger partial charge in [0.25, 0.3) is 0 Å². The Morgan fingerprint density at radius 2 is 1.69 bits per heavy atom. The van der Waals surface area contributed by atoms with Gasteiger partial charge in [0.2, 0.25) is 0 Å². The Bertz CT molecular complexity index is 116. The topological polar surface area (TPSA) is 12.0 Å². The molecule has 0 aromatic rings. The van der Waals surface area contributed by atoms with Crippen LogP contribution in [0, 0.1) is 11.3 Å². The first-order valence-electron chi connectivity index (χ1n) is 5.81. The van der Waals surface area contributed by atoms with Crippen molar-refractivity contribution in [2.75, 3.05) is 13.6 Å². The van der Waals surface area contributed by atoms with Crippen LogP contribution < -0.4 is 5.32 Å². The first-order valence-corrected chi connectivity index (χ1v) is 5.81. The third-order valence-electron chi connectivity index (χ3n) is 3.70. The highest BCUT2D eigenvalue weighted by molar-refractivity contribution is 4.83. The van der Waals surface area contributed by atoms with E-state index in [1.807, 2.05) is 0 Å². The van der Waals surface area contributed by atoms with Crippen LogP contribution in [0.1, 0.15) is 53.4 Å². The van der Waals surface area contributed by atoms with Crippen LogP contribution in [0.3, 0.4) is 0 Å². The average molecular weight is 185 g/mol. The van der Waals surface area contributed by atoms with Crippen molar-refractivity contribution in [3.05, 3.63) is 0 Å². The van der Waals surface area contributed by atoms with E-state index in [1.165, 1.54) is 32.2 Å². The molecule has 1 atom stereocenters. The molecular formula is C12H27N. The van der Waals surface area contributed by atoms with Gasteiger partial charge in [0.05, 0.1) is 0 Å². The largest absolute Gasteiger partial charge is 0.319 e. The van der Waals surface area contributed by atoms with Crippen molar-refractivity contribution in [1.82, 2.24) is 5.32 Å². The van der Waals surface area contributed by atoms with Gasteiger partial charge in [-0.05, 0) is 31.2 Å². The van der Waals surface area contributed by atoms with Gasteiger partial charge in [-0.15, -0.1) is 0 Å². The van der Waals surface area contributed by atoms with Gasteiger partial charge >= 0.3 is 0 Å². The molecule has 0 aliphatic carbocycles. The minimum absolute atomic E-state index is 0.532. The highest BCUT2D eigenvalue weighted by Gasteiger charge is 2.30. The third kappa shape index (κ3) is 3.30. The van der Waals surface area contributed by atoms with E-state index >= 15 is 0 Å². The fourth-order valence-electron chi connectivity index (χ4n) is 2.46. The predicted octanol–water partition coefficient (Wildman–Crippen LogP) is 3.45. The second-order valence-electron chi connectivity index (χ2n) is 4.29. The Balaban J connectivity index is 4.33. The van der Waals surface area contributed by atoms with Crippen LogP contribution in [-0.4, -0.2) is 13.6 Å². The number of hydrogen-bond acceptors (Lipinski definition) is 1. The van der Waals surface area contributed by atoms with Crippen molar-refractivity contribution in [1.29, 1.82) is 0 Å². The average Bonchev–Trinajstić information content (AvgIpc) is 2.14. The minimum atomic E-state index is 0.532. The van der Waals surface area contributed by atoms with Crippen molar-refractivity contribution in [2.45, 2.75) is 53.4 Å². The Kier molecular flexibility index (Phi) is 6.40. The van der Waals surface area contributed by atoms with Gasteiger partial charge < -0.3 is 5.32 Å². The van der Waals surface area contributed by atoms with Crippen LogP contribution in [-0.2, 0) is 0 Å². The van der Waals surface area contributed by atoms with E-state index < -0.39 is 0 Å². The van der Waals surface area contributed by atoms with Crippen molar-refractivity contribution in [2.24, 2.45) is 11.3 Å². The molecule has 1 unspecified atom stereocenters. The van der Waals surface area contributed by atoms with Crippen molar-refractivity contribution >= 4 is 0 Å². The molecule has 1 nitrogen and oxygen atoms in total. The Morgan fingerprint density at radius 3 is 2.00 bits per heavy atom. The summed E-state index contributed by atoms with van der Waals surface area (Å²) in [4.78, 5) is 0. The quantitative estimate of drug-likeness (QED) is 0.640. The molecule has 1 N–H and O–H groups in total. The summed E-state index contributed by atoms with van der Waals surface area (Å²) in [6.45, 7) is 10.5. The smallest absolute Gasteiger partial charge is 0.000715 e. The number of nitrogens with one attached hydrogen (secondary N) is 1. The normalized spacial score (nSPS) is 14.5. The molecule has 1 heteroatoms. The van der Waals surface area contributed by atoms with Gasteiger partial charge in [0.1, 0.15) is 0 Å². The molecule has 0 aromatic heterocycles. The summed E-state index contributed by atoms with van der Waals surface area (Å²) < 4.78 is 0. The molecular weight excluding hydrogens is 158 g/mol. The van der Waals surface area contributed by atoms with Crippen molar-refractivity contribution in [3.63, 3.8) is 0 Å². The van der Waals surface area contributed by atoms with E-state index in [1.54, 1.807) is 0 Å². The summed E-state index contributed by atoms with van der Waals surface area (Å²) in [5, 5.41) is 3.35.